The molecule has 1 N–H and O–H groups in total. The zero-order chi connectivity index (χ0) is 19.1. The SMILES string of the molecule is C[C@H]1COC[C@H]2CN(c3nc(-c4ccccn4)nc4c3CCNC4=O)CCN21. The molecule has 2 saturated heterocycles. The number of ether oxygens (including phenoxy) is 1. The molecule has 0 aliphatic carbocycles. The summed E-state index contributed by atoms with van der Waals surface area (Å²) in [7, 11) is 0. The fourth-order valence-electron chi connectivity index (χ4n) is 4.41. The highest BCUT2D eigenvalue weighted by molar-refractivity contribution is 5.96. The predicted octanol–water partition coefficient (Wildman–Crippen LogP) is 0.734. The van der Waals surface area contributed by atoms with Gasteiger partial charge < -0.3 is 15.0 Å². The molecule has 0 aromatic carbocycles. The Labute approximate surface area is 163 Å². The minimum Gasteiger partial charge on any atom is -0.378 e. The van der Waals surface area contributed by atoms with Crippen molar-refractivity contribution in [2.24, 2.45) is 0 Å². The Bertz CT molecular complexity index is 890. The topological polar surface area (TPSA) is 83.5 Å². The first kappa shape index (κ1) is 17.5. The normalized spacial score (nSPS) is 25.0. The molecule has 0 bridgehead atoms. The van der Waals surface area contributed by atoms with Crippen molar-refractivity contribution in [2.45, 2.75) is 25.4 Å². The summed E-state index contributed by atoms with van der Waals surface area (Å²) in [6.07, 6.45) is 2.47. The summed E-state index contributed by atoms with van der Waals surface area (Å²) in [5, 5.41) is 2.90. The van der Waals surface area contributed by atoms with E-state index in [2.05, 4.69) is 32.0 Å². The van der Waals surface area contributed by atoms with Gasteiger partial charge in [-0.2, -0.15) is 0 Å². The average molecular weight is 380 g/mol. The second-order valence-electron chi connectivity index (χ2n) is 7.64. The van der Waals surface area contributed by atoms with Crippen LogP contribution in [0.25, 0.3) is 11.5 Å². The lowest BCUT2D eigenvalue weighted by Gasteiger charge is -2.47. The molecule has 0 unspecified atom stereocenters. The van der Waals surface area contributed by atoms with Gasteiger partial charge in [-0.15, -0.1) is 0 Å². The van der Waals surface area contributed by atoms with Gasteiger partial charge in [-0.3, -0.25) is 14.7 Å². The van der Waals surface area contributed by atoms with E-state index in [1.165, 1.54) is 0 Å². The van der Waals surface area contributed by atoms with E-state index in [0.717, 1.165) is 50.7 Å². The summed E-state index contributed by atoms with van der Waals surface area (Å²) < 4.78 is 5.78. The van der Waals surface area contributed by atoms with Crippen molar-refractivity contribution in [3.63, 3.8) is 0 Å². The third-order valence-corrected chi connectivity index (χ3v) is 5.82. The number of amides is 1. The van der Waals surface area contributed by atoms with E-state index >= 15 is 0 Å². The smallest absolute Gasteiger partial charge is 0.270 e. The maximum atomic E-state index is 12.5. The van der Waals surface area contributed by atoms with Crippen molar-refractivity contribution in [3.8, 4) is 11.5 Å². The number of nitrogens with one attached hydrogen (secondary N) is 1. The number of anilines is 1. The van der Waals surface area contributed by atoms with E-state index in [-0.39, 0.29) is 5.91 Å². The number of hydrogen-bond donors (Lipinski definition) is 1. The first-order valence-electron chi connectivity index (χ1n) is 9.89. The lowest BCUT2D eigenvalue weighted by atomic mass is 10.0. The highest BCUT2D eigenvalue weighted by Gasteiger charge is 2.36. The number of morpholine rings is 1. The number of carbonyl (C=O) groups is 1. The van der Waals surface area contributed by atoms with Gasteiger partial charge in [0, 0.05) is 44.0 Å². The molecular formula is C20H24N6O2. The fourth-order valence-corrected chi connectivity index (χ4v) is 4.41. The van der Waals surface area contributed by atoms with Crippen molar-refractivity contribution < 1.29 is 9.53 Å². The minimum atomic E-state index is -0.129. The second-order valence-corrected chi connectivity index (χ2v) is 7.64. The molecule has 8 heteroatoms. The molecule has 0 saturated carbocycles. The van der Waals surface area contributed by atoms with Gasteiger partial charge >= 0.3 is 0 Å². The van der Waals surface area contributed by atoms with Gasteiger partial charge in [0.15, 0.2) is 5.82 Å². The summed E-state index contributed by atoms with van der Waals surface area (Å²) in [6, 6.07) is 6.43. The quantitative estimate of drug-likeness (QED) is 0.822. The highest BCUT2D eigenvalue weighted by Crippen LogP contribution is 2.29. The van der Waals surface area contributed by atoms with E-state index < -0.39 is 0 Å². The summed E-state index contributed by atoms with van der Waals surface area (Å²) in [6.45, 7) is 7.07. The Balaban J connectivity index is 1.55. The van der Waals surface area contributed by atoms with Gasteiger partial charge in [0.2, 0.25) is 0 Å². The number of pyridine rings is 1. The molecule has 3 aliphatic heterocycles. The maximum absolute atomic E-state index is 12.5. The predicted molar refractivity (Wildman–Crippen MR) is 104 cm³/mol. The molecule has 146 valence electrons. The van der Waals surface area contributed by atoms with Crippen molar-refractivity contribution in [2.75, 3.05) is 44.3 Å². The van der Waals surface area contributed by atoms with Crippen LogP contribution in [-0.2, 0) is 11.2 Å². The molecule has 0 radical (unpaired) electrons. The molecule has 2 aromatic rings. The molecule has 2 aromatic heterocycles. The Morgan fingerprint density at radius 2 is 2.14 bits per heavy atom. The number of hydrogen-bond acceptors (Lipinski definition) is 7. The Hall–Kier alpha value is -2.58. The number of rotatable bonds is 2. The van der Waals surface area contributed by atoms with E-state index in [0.29, 0.717) is 35.8 Å². The Morgan fingerprint density at radius 3 is 3.00 bits per heavy atom. The van der Waals surface area contributed by atoms with Crippen LogP contribution in [0.2, 0.25) is 0 Å². The van der Waals surface area contributed by atoms with Crippen LogP contribution < -0.4 is 10.2 Å². The van der Waals surface area contributed by atoms with Crippen LogP contribution in [0.4, 0.5) is 5.82 Å². The van der Waals surface area contributed by atoms with Crippen LogP contribution in [-0.4, -0.2) is 77.2 Å². The van der Waals surface area contributed by atoms with E-state index in [1.54, 1.807) is 6.20 Å². The van der Waals surface area contributed by atoms with Crippen molar-refractivity contribution >= 4 is 11.7 Å². The minimum absolute atomic E-state index is 0.129. The molecule has 28 heavy (non-hydrogen) atoms. The number of fused-ring (bicyclic) bond motifs is 2. The zero-order valence-corrected chi connectivity index (χ0v) is 16.0. The second kappa shape index (κ2) is 7.10. The Morgan fingerprint density at radius 1 is 1.21 bits per heavy atom. The number of nitrogens with zero attached hydrogens (tertiary/aromatic N) is 5. The monoisotopic (exact) mass is 380 g/mol. The standard InChI is InChI=1S/C20H24N6O2/c1-13-11-28-12-14-10-25(8-9-26(13)14)19-15-5-7-22-20(27)17(15)23-18(24-19)16-4-2-3-6-21-16/h2-4,6,13-14H,5,7-12H2,1H3,(H,22,27)/t13-,14+/m0/s1. The van der Waals surface area contributed by atoms with E-state index in [9.17, 15) is 4.79 Å². The molecule has 2 fully saturated rings. The van der Waals surface area contributed by atoms with Crippen molar-refractivity contribution in [1.29, 1.82) is 0 Å². The van der Waals surface area contributed by atoms with Crippen molar-refractivity contribution in [1.82, 2.24) is 25.2 Å². The summed E-state index contributed by atoms with van der Waals surface area (Å²) in [5.41, 5.74) is 2.10. The van der Waals surface area contributed by atoms with Crippen LogP contribution in [0.1, 0.15) is 23.0 Å². The summed E-state index contributed by atoms with van der Waals surface area (Å²) in [5.74, 6) is 1.25. The molecule has 5 heterocycles. The van der Waals surface area contributed by atoms with Gasteiger partial charge in [-0.05, 0) is 25.5 Å². The molecule has 0 spiro atoms. The molecule has 1 amide bonds. The van der Waals surface area contributed by atoms with Crippen LogP contribution in [0.15, 0.2) is 24.4 Å². The number of carbonyl (C=O) groups excluding carboxylic acids is 1. The molecular weight excluding hydrogens is 356 g/mol. The van der Waals surface area contributed by atoms with Gasteiger partial charge in [-0.1, -0.05) is 6.07 Å². The number of piperazine rings is 1. The van der Waals surface area contributed by atoms with E-state index in [4.69, 9.17) is 9.72 Å². The average Bonchev–Trinajstić information content (AvgIpc) is 2.74. The largest absolute Gasteiger partial charge is 0.378 e. The summed E-state index contributed by atoms with van der Waals surface area (Å²) in [4.78, 5) is 31.2. The molecule has 2 atom stereocenters. The maximum Gasteiger partial charge on any atom is 0.270 e. The first-order chi connectivity index (χ1) is 13.7. The van der Waals surface area contributed by atoms with Gasteiger partial charge in [0.25, 0.3) is 5.91 Å². The molecule has 5 rings (SSSR count). The van der Waals surface area contributed by atoms with E-state index in [1.807, 2.05) is 18.2 Å². The Kier molecular flexibility index (Phi) is 4.44. The third-order valence-electron chi connectivity index (χ3n) is 5.82. The van der Waals surface area contributed by atoms with Crippen LogP contribution in [0.5, 0.6) is 0 Å². The lowest BCUT2D eigenvalue weighted by molar-refractivity contribution is -0.0469. The molecule has 8 nitrogen and oxygen atoms in total. The highest BCUT2D eigenvalue weighted by atomic mass is 16.5. The first-order valence-corrected chi connectivity index (χ1v) is 9.89. The summed E-state index contributed by atoms with van der Waals surface area (Å²) >= 11 is 0. The van der Waals surface area contributed by atoms with Crippen LogP contribution in [0, 0.1) is 0 Å². The third kappa shape index (κ3) is 3.02. The zero-order valence-electron chi connectivity index (χ0n) is 16.0. The van der Waals surface area contributed by atoms with Crippen LogP contribution in [0.3, 0.4) is 0 Å². The number of aromatic nitrogens is 3. The van der Waals surface area contributed by atoms with Gasteiger partial charge in [-0.25, -0.2) is 9.97 Å². The van der Waals surface area contributed by atoms with Crippen molar-refractivity contribution in [3.05, 3.63) is 35.7 Å². The lowest BCUT2D eigenvalue weighted by Crippen LogP contribution is -2.61. The van der Waals surface area contributed by atoms with Crippen LogP contribution >= 0.6 is 0 Å². The fraction of sp³-hybridized carbons (Fsp3) is 0.500. The van der Waals surface area contributed by atoms with Gasteiger partial charge in [0.1, 0.15) is 17.2 Å². The van der Waals surface area contributed by atoms with Gasteiger partial charge in [0.05, 0.1) is 19.3 Å². The molecule has 3 aliphatic rings.